The number of nitrogens with zero attached hydrogens (tertiary/aromatic N) is 2. The van der Waals surface area contributed by atoms with Gasteiger partial charge in [-0.2, -0.15) is 0 Å². The van der Waals surface area contributed by atoms with E-state index in [-0.39, 0.29) is 21.5 Å². The molecule has 2 aromatic heterocycles. The summed E-state index contributed by atoms with van der Waals surface area (Å²) in [7, 11) is 0. The van der Waals surface area contributed by atoms with Crippen molar-refractivity contribution >= 4 is 21.5 Å². The second kappa shape index (κ2) is 9.06. The highest BCUT2D eigenvalue weighted by Gasteiger charge is 2.19. The molecule has 170 valence electrons. The minimum Gasteiger partial charge on any atom is -0.274 e. The molecule has 0 aliphatic rings. The predicted molar refractivity (Wildman–Crippen MR) is 134 cm³/mol. The Bertz CT molecular complexity index is 1470. The molecule has 0 aliphatic heterocycles. The lowest BCUT2D eigenvalue weighted by atomic mass is 10.1. The van der Waals surface area contributed by atoms with Gasteiger partial charge in [0.15, 0.2) is 0 Å². The number of hydrogen-bond acceptors (Lipinski definition) is 4. The van der Waals surface area contributed by atoms with Gasteiger partial charge in [-0.1, -0.05) is 60.7 Å². The quantitative estimate of drug-likeness (QED) is 0.362. The average Bonchev–Trinajstić information content (AvgIpc) is 3.24. The Morgan fingerprint density at radius 2 is 0.794 bits per heavy atom. The molecule has 0 N–H and O–H groups in total. The molecule has 3 aromatic carbocycles. The molecule has 5 aromatic rings. The summed E-state index contributed by atoms with van der Waals surface area (Å²) < 4.78 is 2.44. The van der Waals surface area contributed by atoms with Gasteiger partial charge in [0, 0.05) is 13.1 Å². The van der Waals surface area contributed by atoms with Crippen molar-refractivity contribution in [1.82, 2.24) is 9.13 Å². The average molecular weight is 453 g/mol. The highest BCUT2D eigenvalue weighted by atomic mass is 16.2. The van der Waals surface area contributed by atoms with E-state index in [2.05, 4.69) is 0 Å². The van der Waals surface area contributed by atoms with Crippen molar-refractivity contribution in [2.45, 2.75) is 38.8 Å². The van der Waals surface area contributed by atoms with Gasteiger partial charge in [0.2, 0.25) is 0 Å². The van der Waals surface area contributed by atoms with Crippen molar-refractivity contribution in [3.63, 3.8) is 0 Å². The van der Waals surface area contributed by atoms with Crippen LogP contribution >= 0.6 is 0 Å². The fourth-order valence-electron chi connectivity index (χ4n) is 4.65. The third-order valence-corrected chi connectivity index (χ3v) is 6.44. The number of fused-ring (bicyclic) bond motifs is 2. The van der Waals surface area contributed by atoms with E-state index in [0.29, 0.717) is 25.9 Å². The van der Waals surface area contributed by atoms with E-state index >= 15 is 0 Å². The third-order valence-electron chi connectivity index (χ3n) is 6.44. The van der Waals surface area contributed by atoms with Gasteiger partial charge in [-0.3, -0.25) is 28.3 Å². The van der Waals surface area contributed by atoms with Crippen LogP contribution in [-0.2, 0) is 25.9 Å². The maximum Gasteiger partial charge on any atom is 0.261 e. The molecule has 34 heavy (non-hydrogen) atoms. The maximum atomic E-state index is 12.9. The zero-order chi connectivity index (χ0) is 23.7. The molecule has 0 saturated carbocycles. The Morgan fingerprint density at radius 3 is 1.12 bits per heavy atom. The summed E-state index contributed by atoms with van der Waals surface area (Å²) in [6, 6.07) is 22.6. The van der Waals surface area contributed by atoms with Crippen LogP contribution in [0.2, 0.25) is 0 Å². The number of hydrogen-bond donors (Lipinski definition) is 0. The molecular formula is C28H24N2O4. The molecule has 0 fully saturated rings. The van der Waals surface area contributed by atoms with Crippen molar-refractivity contribution in [2.24, 2.45) is 0 Å². The van der Waals surface area contributed by atoms with Crippen LogP contribution in [0.25, 0.3) is 21.5 Å². The number of aromatic nitrogens is 2. The van der Waals surface area contributed by atoms with Gasteiger partial charge >= 0.3 is 0 Å². The zero-order valence-electron chi connectivity index (χ0n) is 18.7. The first kappa shape index (κ1) is 21.8. The monoisotopic (exact) mass is 452 g/mol. The number of benzene rings is 3. The molecule has 5 rings (SSSR count). The molecule has 0 atom stereocenters. The smallest absolute Gasteiger partial charge is 0.261 e. The zero-order valence-corrected chi connectivity index (χ0v) is 18.7. The highest BCUT2D eigenvalue weighted by Crippen LogP contribution is 2.15. The Morgan fingerprint density at radius 1 is 0.471 bits per heavy atom. The molecule has 0 spiro atoms. The van der Waals surface area contributed by atoms with Crippen LogP contribution in [-0.4, -0.2) is 9.13 Å². The second-order valence-corrected chi connectivity index (χ2v) is 8.65. The Labute approximate surface area is 195 Å². The van der Waals surface area contributed by atoms with Gasteiger partial charge in [0.05, 0.1) is 21.5 Å². The van der Waals surface area contributed by atoms with Crippen LogP contribution in [0.5, 0.6) is 0 Å². The Balaban J connectivity index is 1.43. The van der Waals surface area contributed by atoms with Crippen molar-refractivity contribution in [1.29, 1.82) is 0 Å². The summed E-state index contributed by atoms with van der Waals surface area (Å²) in [5.41, 5.74) is 0.665. The van der Waals surface area contributed by atoms with E-state index < -0.39 is 22.2 Å². The highest BCUT2D eigenvalue weighted by molar-refractivity contribution is 5.97. The van der Waals surface area contributed by atoms with Crippen molar-refractivity contribution in [2.75, 3.05) is 0 Å². The molecule has 2 heterocycles. The summed E-state index contributed by atoms with van der Waals surface area (Å²) in [4.78, 5) is 51.8. The second-order valence-electron chi connectivity index (χ2n) is 8.65. The molecule has 0 bridgehead atoms. The summed E-state index contributed by atoms with van der Waals surface area (Å²) >= 11 is 0. The summed E-state index contributed by atoms with van der Waals surface area (Å²) in [5, 5.41) is 0.818. The first-order chi connectivity index (χ1) is 16.5. The van der Waals surface area contributed by atoms with Gasteiger partial charge in [0.25, 0.3) is 22.2 Å². The lowest BCUT2D eigenvalue weighted by molar-refractivity contribution is 0.618. The molecule has 0 amide bonds. The predicted octanol–water partition coefficient (Wildman–Crippen LogP) is 3.18. The third kappa shape index (κ3) is 3.92. The summed E-state index contributed by atoms with van der Waals surface area (Å²) in [6.07, 6.45) is 2.78. The van der Waals surface area contributed by atoms with Crippen molar-refractivity contribution in [3.05, 3.63) is 125 Å². The van der Waals surface area contributed by atoms with Crippen LogP contribution in [0.15, 0.2) is 92.0 Å². The van der Waals surface area contributed by atoms with Crippen LogP contribution in [0.3, 0.4) is 0 Å². The van der Waals surface area contributed by atoms with Gasteiger partial charge in [0.1, 0.15) is 0 Å². The standard InChI is InChI=1S/C28H24N2O4/c31-25-21-17-23-24(28(34)30(27(23)33)16-8-14-20-11-5-2-6-12-20)18-22(21)26(32)29(25)15-7-13-19-9-3-1-4-10-19/h1-6,9-12,17-18H,7-8,13-16H2. The van der Waals surface area contributed by atoms with E-state index in [1.54, 1.807) is 0 Å². The lowest BCUT2D eigenvalue weighted by Crippen LogP contribution is -2.26. The van der Waals surface area contributed by atoms with Crippen LogP contribution in [0.1, 0.15) is 24.0 Å². The summed E-state index contributed by atoms with van der Waals surface area (Å²) in [5.74, 6) is 0. The SMILES string of the molecule is O=c1c2cc3c(=O)n(CCCc4ccccc4)c(=O)c3cc2c(=O)n1CCCc1ccccc1. The molecule has 0 radical (unpaired) electrons. The number of aryl methyl sites for hydroxylation is 2. The van der Waals surface area contributed by atoms with E-state index in [4.69, 9.17) is 0 Å². The van der Waals surface area contributed by atoms with Gasteiger partial charge in [-0.25, -0.2) is 0 Å². The van der Waals surface area contributed by atoms with Gasteiger partial charge < -0.3 is 0 Å². The normalized spacial score (nSPS) is 11.5. The molecular weight excluding hydrogens is 428 g/mol. The largest absolute Gasteiger partial charge is 0.274 e. The number of rotatable bonds is 8. The minimum atomic E-state index is -0.404. The first-order valence-electron chi connectivity index (χ1n) is 11.5. The molecule has 6 nitrogen and oxygen atoms in total. The maximum absolute atomic E-state index is 12.9. The van der Waals surface area contributed by atoms with Crippen molar-refractivity contribution in [3.8, 4) is 0 Å². The van der Waals surface area contributed by atoms with E-state index in [0.717, 1.165) is 24.0 Å². The first-order valence-corrected chi connectivity index (χ1v) is 11.5. The molecule has 0 unspecified atom stereocenters. The van der Waals surface area contributed by atoms with Crippen LogP contribution in [0.4, 0.5) is 0 Å². The van der Waals surface area contributed by atoms with Gasteiger partial charge in [-0.15, -0.1) is 0 Å². The van der Waals surface area contributed by atoms with E-state index in [9.17, 15) is 19.2 Å². The Hall–Kier alpha value is -4.06. The van der Waals surface area contributed by atoms with Crippen molar-refractivity contribution < 1.29 is 0 Å². The molecule has 0 aliphatic carbocycles. The summed E-state index contributed by atoms with van der Waals surface area (Å²) in [6.45, 7) is 0.582. The van der Waals surface area contributed by atoms with Gasteiger partial charge in [-0.05, 0) is 48.9 Å². The fourth-order valence-corrected chi connectivity index (χ4v) is 4.65. The Kier molecular flexibility index (Phi) is 5.80. The molecule has 0 saturated heterocycles. The fraction of sp³-hybridized carbons (Fsp3) is 0.214. The van der Waals surface area contributed by atoms with Crippen LogP contribution < -0.4 is 22.2 Å². The van der Waals surface area contributed by atoms with E-state index in [1.165, 1.54) is 21.3 Å². The minimum absolute atomic E-state index is 0.204. The molecule has 6 heteroatoms. The lowest BCUT2D eigenvalue weighted by Gasteiger charge is -2.01. The topological polar surface area (TPSA) is 78.1 Å². The van der Waals surface area contributed by atoms with E-state index in [1.807, 2.05) is 60.7 Å². The van der Waals surface area contributed by atoms with Crippen LogP contribution in [0, 0.1) is 0 Å².